The number of carbonyl (C=O) groups is 1. The molecule has 0 aliphatic rings. The highest BCUT2D eigenvalue weighted by atomic mass is 16.4. The second-order valence-corrected chi connectivity index (χ2v) is 5.04. The van der Waals surface area contributed by atoms with E-state index in [1.807, 2.05) is 17.7 Å². The molecule has 0 unspecified atom stereocenters. The molecule has 0 bridgehead atoms. The van der Waals surface area contributed by atoms with Crippen LogP contribution in [0.1, 0.15) is 23.1 Å². The Labute approximate surface area is 113 Å². The maximum atomic E-state index is 10.7. The molecule has 100 valence electrons. The Morgan fingerprint density at radius 2 is 1.89 bits per heavy atom. The minimum absolute atomic E-state index is 0.145. The Kier molecular flexibility index (Phi) is 3.74. The molecule has 0 radical (unpaired) electrons. The topological polar surface area (TPSA) is 42.2 Å². The monoisotopic (exact) mass is 257 g/mol. The molecule has 3 heteroatoms. The van der Waals surface area contributed by atoms with E-state index in [0.717, 1.165) is 16.8 Å². The van der Waals surface area contributed by atoms with Gasteiger partial charge in [0.2, 0.25) is 0 Å². The van der Waals surface area contributed by atoms with Gasteiger partial charge in [-0.15, -0.1) is 0 Å². The van der Waals surface area contributed by atoms with Crippen molar-refractivity contribution in [1.82, 2.24) is 4.57 Å². The Bertz CT molecular complexity index is 611. The molecule has 0 saturated carbocycles. The molecule has 0 fully saturated rings. The second-order valence-electron chi connectivity index (χ2n) is 5.04. The zero-order valence-corrected chi connectivity index (χ0v) is 11.6. The summed E-state index contributed by atoms with van der Waals surface area (Å²) in [5.41, 5.74) is 5.90. The lowest BCUT2D eigenvalue weighted by Crippen LogP contribution is -2.04. The summed E-state index contributed by atoms with van der Waals surface area (Å²) in [4.78, 5) is 10.7. The quantitative estimate of drug-likeness (QED) is 0.910. The third-order valence-corrected chi connectivity index (χ3v) is 3.40. The van der Waals surface area contributed by atoms with Crippen molar-refractivity contribution in [2.45, 2.75) is 33.7 Å². The van der Waals surface area contributed by atoms with E-state index in [4.69, 9.17) is 5.11 Å². The van der Waals surface area contributed by atoms with Gasteiger partial charge in [-0.05, 0) is 55.2 Å². The molecule has 2 aromatic rings. The van der Waals surface area contributed by atoms with Crippen LogP contribution in [0.3, 0.4) is 0 Å². The number of carboxylic acids is 1. The van der Waals surface area contributed by atoms with Crippen LogP contribution in [0.25, 0.3) is 11.3 Å². The summed E-state index contributed by atoms with van der Waals surface area (Å²) in [6.07, 6.45) is 2.15. The van der Waals surface area contributed by atoms with Gasteiger partial charge in [-0.2, -0.15) is 0 Å². The summed E-state index contributed by atoms with van der Waals surface area (Å²) in [7, 11) is 0. The van der Waals surface area contributed by atoms with Crippen LogP contribution in [0.2, 0.25) is 0 Å². The van der Waals surface area contributed by atoms with Gasteiger partial charge in [0.05, 0.1) is 6.42 Å². The number of carboxylic acid groups (broad SMARTS) is 1. The molecule has 3 nitrogen and oxygen atoms in total. The van der Waals surface area contributed by atoms with Crippen LogP contribution in [0.5, 0.6) is 0 Å². The highest BCUT2D eigenvalue weighted by Gasteiger charge is 2.08. The number of aromatic nitrogens is 1. The van der Waals surface area contributed by atoms with Gasteiger partial charge in [0, 0.05) is 18.4 Å². The smallest absolute Gasteiger partial charge is 0.305 e. The van der Waals surface area contributed by atoms with Crippen LogP contribution in [-0.2, 0) is 11.3 Å². The standard InChI is InChI=1S/C16H19NO2/c1-11-8-15(17(10-11)7-6-16(18)19)14-5-4-12(2)13(3)9-14/h4-5,8-10H,6-7H2,1-3H3,(H,18,19). The average Bonchev–Trinajstić information content (AvgIpc) is 2.71. The maximum absolute atomic E-state index is 10.7. The van der Waals surface area contributed by atoms with Gasteiger partial charge in [0.25, 0.3) is 0 Å². The Balaban J connectivity index is 2.37. The van der Waals surface area contributed by atoms with E-state index >= 15 is 0 Å². The summed E-state index contributed by atoms with van der Waals surface area (Å²) in [6, 6.07) is 8.45. The maximum Gasteiger partial charge on any atom is 0.305 e. The minimum Gasteiger partial charge on any atom is -0.481 e. The Hall–Kier alpha value is -2.03. The fourth-order valence-electron chi connectivity index (χ4n) is 2.20. The molecule has 1 aromatic heterocycles. The van der Waals surface area contributed by atoms with Crippen LogP contribution >= 0.6 is 0 Å². The number of benzene rings is 1. The van der Waals surface area contributed by atoms with E-state index in [-0.39, 0.29) is 6.42 Å². The van der Waals surface area contributed by atoms with E-state index in [2.05, 4.69) is 38.1 Å². The summed E-state index contributed by atoms with van der Waals surface area (Å²) in [6.45, 7) is 6.72. The zero-order valence-electron chi connectivity index (χ0n) is 11.6. The predicted molar refractivity (Wildman–Crippen MR) is 76.3 cm³/mol. The summed E-state index contributed by atoms with van der Waals surface area (Å²) >= 11 is 0. The molecule has 0 aliphatic carbocycles. The number of aliphatic carboxylic acids is 1. The second kappa shape index (κ2) is 5.31. The molecule has 2 rings (SSSR count). The molecule has 0 aliphatic heterocycles. The van der Waals surface area contributed by atoms with Gasteiger partial charge in [0.15, 0.2) is 0 Å². The highest BCUT2D eigenvalue weighted by molar-refractivity contribution is 5.67. The van der Waals surface area contributed by atoms with Crippen LogP contribution in [0.4, 0.5) is 0 Å². The number of aryl methyl sites for hydroxylation is 4. The van der Waals surface area contributed by atoms with Crippen LogP contribution in [0.15, 0.2) is 30.5 Å². The van der Waals surface area contributed by atoms with Crippen molar-refractivity contribution in [2.24, 2.45) is 0 Å². The van der Waals surface area contributed by atoms with Crippen LogP contribution in [-0.4, -0.2) is 15.6 Å². The minimum atomic E-state index is -0.766. The average molecular weight is 257 g/mol. The predicted octanol–water partition coefficient (Wildman–Crippen LogP) is 3.56. The first-order valence-electron chi connectivity index (χ1n) is 6.43. The molecular formula is C16H19NO2. The zero-order chi connectivity index (χ0) is 14.0. The number of hydrogen-bond acceptors (Lipinski definition) is 1. The molecule has 19 heavy (non-hydrogen) atoms. The van der Waals surface area contributed by atoms with Gasteiger partial charge in [-0.25, -0.2) is 0 Å². The molecule has 0 atom stereocenters. The van der Waals surface area contributed by atoms with Crippen molar-refractivity contribution < 1.29 is 9.90 Å². The van der Waals surface area contributed by atoms with E-state index in [0.29, 0.717) is 6.54 Å². The summed E-state index contributed by atoms with van der Waals surface area (Å²) < 4.78 is 2.02. The van der Waals surface area contributed by atoms with Crippen LogP contribution < -0.4 is 0 Å². The number of nitrogens with zero attached hydrogens (tertiary/aromatic N) is 1. The lowest BCUT2D eigenvalue weighted by molar-refractivity contribution is -0.137. The molecular weight excluding hydrogens is 238 g/mol. The number of rotatable bonds is 4. The molecule has 1 heterocycles. The van der Waals surface area contributed by atoms with Crippen molar-refractivity contribution in [2.75, 3.05) is 0 Å². The molecule has 1 N–H and O–H groups in total. The van der Waals surface area contributed by atoms with Crippen molar-refractivity contribution in [1.29, 1.82) is 0 Å². The van der Waals surface area contributed by atoms with E-state index < -0.39 is 5.97 Å². The van der Waals surface area contributed by atoms with Gasteiger partial charge >= 0.3 is 5.97 Å². The normalized spacial score (nSPS) is 10.7. The third-order valence-electron chi connectivity index (χ3n) is 3.40. The Morgan fingerprint density at radius 3 is 2.53 bits per heavy atom. The lowest BCUT2D eigenvalue weighted by Gasteiger charge is -2.09. The largest absolute Gasteiger partial charge is 0.481 e. The fourth-order valence-corrected chi connectivity index (χ4v) is 2.20. The molecule has 0 saturated heterocycles. The molecule has 0 spiro atoms. The first-order chi connectivity index (χ1) is 8.97. The van der Waals surface area contributed by atoms with E-state index in [9.17, 15) is 4.79 Å². The lowest BCUT2D eigenvalue weighted by atomic mass is 10.0. The highest BCUT2D eigenvalue weighted by Crippen LogP contribution is 2.24. The van der Waals surface area contributed by atoms with Gasteiger partial charge in [-0.1, -0.05) is 12.1 Å². The first-order valence-corrected chi connectivity index (χ1v) is 6.43. The summed E-state index contributed by atoms with van der Waals surface area (Å²) in [5, 5.41) is 8.81. The van der Waals surface area contributed by atoms with Crippen molar-refractivity contribution in [3.63, 3.8) is 0 Å². The van der Waals surface area contributed by atoms with E-state index in [1.54, 1.807) is 0 Å². The fraction of sp³-hybridized carbons (Fsp3) is 0.312. The van der Waals surface area contributed by atoms with Crippen molar-refractivity contribution in [3.8, 4) is 11.3 Å². The van der Waals surface area contributed by atoms with Gasteiger partial charge in [-0.3, -0.25) is 4.79 Å². The Morgan fingerprint density at radius 1 is 1.16 bits per heavy atom. The molecule has 0 amide bonds. The third kappa shape index (κ3) is 3.05. The SMILES string of the molecule is Cc1cc(-c2ccc(C)c(C)c2)n(CCC(=O)O)c1. The first kappa shape index (κ1) is 13.4. The van der Waals surface area contributed by atoms with Gasteiger partial charge in [0.1, 0.15) is 0 Å². The van der Waals surface area contributed by atoms with Crippen LogP contribution in [0, 0.1) is 20.8 Å². The summed E-state index contributed by atoms with van der Waals surface area (Å²) in [5.74, 6) is -0.766. The van der Waals surface area contributed by atoms with Crippen molar-refractivity contribution >= 4 is 5.97 Å². The number of hydrogen-bond donors (Lipinski definition) is 1. The van der Waals surface area contributed by atoms with E-state index in [1.165, 1.54) is 11.1 Å². The molecule has 1 aromatic carbocycles. The van der Waals surface area contributed by atoms with Gasteiger partial charge < -0.3 is 9.67 Å². The van der Waals surface area contributed by atoms with Crippen molar-refractivity contribution in [3.05, 3.63) is 47.2 Å².